The Kier molecular flexibility index (Phi) is 6.54. The molecule has 0 aliphatic heterocycles. The van der Waals surface area contributed by atoms with Crippen LogP contribution in [0.15, 0.2) is 64.9 Å². The van der Waals surface area contributed by atoms with E-state index in [-0.39, 0.29) is 11.5 Å². The highest BCUT2D eigenvalue weighted by Crippen LogP contribution is 2.40. The summed E-state index contributed by atoms with van der Waals surface area (Å²) in [6.45, 7) is 0. The molecule has 1 aliphatic carbocycles. The van der Waals surface area contributed by atoms with Crippen LogP contribution in [0.2, 0.25) is 5.02 Å². The van der Waals surface area contributed by atoms with Gasteiger partial charge in [0.25, 0.3) is 0 Å². The van der Waals surface area contributed by atoms with Crippen LogP contribution in [0.4, 0.5) is 0 Å². The third kappa shape index (κ3) is 4.60. The highest BCUT2D eigenvalue weighted by molar-refractivity contribution is 8.00. The Balaban J connectivity index is 1.38. The molecule has 0 N–H and O–H groups in total. The van der Waals surface area contributed by atoms with Crippen molar-refractivity contribution in [1.82, 2.24) is 19.6 Å². The molecule has 3 aromatic heterocycles. The minimum absolute atomic E-state index is 0.0313. The van der Waals surface area contributed by atoms with Crippen molar-refractivity contribution in [1.29, 1.82) is 0 Å². The monoisotopic (exact) mass is 536 g/mol. The maximum Gasteiger partial charge on any atom is 0.198 e. The fourth-order valence-corrected chi connectivity index (χ4v) is 7.63. The molecular weight excluding hydrogens is 516 g/mol. The van der Waals surface area contributed by atoms with Crippen LogP contribution in [0, 0.1) is 0 Å². The molecule has 0 fully saturated rings. The smallest absolute Gasteiger partial charge is 0.198 e. The standard InChI is InChI=1S/C26H21ClN4OS3/c27-18-12-10-17(11-13-18)20(32)15-34-26-30-29-23-22-19-8-4-5-9-21(19)35-24(22)28-25(31(23)26)33-14-16-6-2-1-3-7-16/h1-3,6-7,10-13H,4-5,8-9,14-15H2. The van der Waals surface area contributed by atoms with E-state index in [4.69, 9.17) is 16.6 Å². The number of ketones is 1. The molecule has 0 radical (unpaired) electrons. The van der Waals surface area contributed by atoms with Gasteiger partial charge in [-0.2, -0.15) is 0 Å². The number of hydrogen-bond acceptors (Lipinski definition) is 7. The molecule has 3 heterocycles. The number of thioether (sulfide) groups is 2. The average molecular weight is 537 g/mol. The van der Waals surface area contributed by atoms with E-state index in [2.05, 4.69) is 38.9 Å². The minimum atomic E-state index is 0.0313. The van der Waals surface area contributed by atoms with Crippen LogP contribution in [0.3, 0.4) is 0 Å². The summed E-state index contributed by atoms with van der Waals surface area (Å²) in [5.74, 6) is 1.10. The summed E-state index contributed by atoms with van der Waals surface area (Å²) in [7, 11) is 0. The van der Waals surface area contributed by atoms with Crippen molar-refractivity contribution in [2.75, 3.05) is 5.75 Å². The molecule has 0 amide bonds. The van der Waals surface area contributed by atoms with Crippen molar-refractivity contribution in [3.63, 3.8) is 0 Å². The van der Waals surface area contributed by atoms with Gasteiger partial charge >= 0.3 is 0 Å². The number of rotatable bonds is 7. The highest BCUT2D eigenvalue weighted by atomic mass is 35.5. The summed E-state index contributed by atoms with van der Waals surface area (Å²) in [6.07, 6.45) is 4.60. The number of halogens is 1. The minimum Gasteiger partial charge on any atom is -0.293 e. The lowest BCUT2D eigenvalue weighted by Gasteiger charge is -2.11. The van der Waals surface area contributed by atoms with Crippen molar-refractivity contribution in [2.24, 2.45) is 0 Å². The van der Waals surface area contributed by atoms with Gasteiger partial charge in [-0.15, -0.1) is 21.5 Å². The summed E-state index contributed by atoms with van der Waals surface area (Å²) in [5, 5.41) is 12.5. The predicted molar refractivity (Wildman–Crippen MR) is 145 cm³/mol. The van der Waals surface area contributed by atoms with E-state index < -0.39 is 0 Å². The second-order valence-corrected chi connectivity index (χ2v) is 11.8. The molecule has 0 saturated carbocycles. The molecule has 176 valence electrons. The Labute approximate surface area is 220 Å². The number of hydrogen-bond donors (Lipinski definition) is 0. The first-order valence-corrected chi connectivity index (χ1v) is 14.6. The Morgan fingerprint density at radius 3 is 2.60 bits per heavy atom. The molecule has 6 rings (SSSR count). The Bertz CT molecular complexity index is 1530. The first-order chi connectivity index (χ1) is 17.2. The number of aromatic nitrogens is 4. The maximum absolute atomic E-state index is 12.8. The zero-order chi connectivity index (χ0) is 23.8. The van der Waals surface area contributed by atoms with E-state index in [1.54, 1.807) is 47.4 Å². The molecule has 2 aromatic carbocycles. The van der Waals surface area contributed by atoms with E-state index in [9.17, 15) is 4.79 Å². The molecule has 9 heteroatoms. The Hall–Kier alpha value is -2.39. The van der Waals surface area contributed by atoms with Crippen molar-refractivity contribution >= 4 is 68.1 Å². The zero-order valence-electron chi connectivity index (χ0n) is 18.7. The summed E-state index contributed by atoms with van der Waals surface area (Å²) in [5.41, 5.74) is 4.11. The SMILES string of the molecule is O=C(CSc1nnc2c3c4c(sc3nc(SCc3ccccc3)n12)CCCC4)c1ccc(Cl)cc1. The van der Waals surface area contributed by atoms with Crippen molar-refractivity contribution in [3.8, 4) is 0 Å². The Morgan fingerprint density at radius 2 is 1.77 bits per heavy atom. The average Bonchev–Trinajstić information content (AvgIpc) is 3.48. The molecule has 0 saturated heterocycles. The molecule has 0 atom stereocenters. The summed E-state index contributed by atoms with van der Waals surface area (Å²) >= 11 is 10.9. The van der Waals surface area contributed by atoms with Crippen LogP contribution in [-0.4, -0.2) is 31.1 Å². The van der Waals surface area contributed by atoms with Gasteiger partial charge in [-0.25, -0.2) is 9.38 Å². The van der Waals surface area contributed by atoms with E-state index in [0.717, 1.165) is 39.6 Å². The molecule has 0 spiro atoms. The highest BCUT2D eigenvalue weighted by Gasteiger charge is 2.24. The lowest BCUT2D eigenvalue weighted by Crippen LogP contribution is -2.04. The number of carbonyl (C=O) groups excluding carboxylic acids is 1. The van der Waals surface area contributed by atoms with E-state index in [1.165, 1.54) is 40.6 Å². The number of carbonyl (C=O) groups is 1. The van der Waals surface area contributed by atoms with Crippen molar-refractivity contribution in [3.05, 3.63) is 81.2 Å². The van der Waals surface area contributed by atoms with Gasteiger partial charge in [0.15, 0.2) is 21.7 Å². The maximum atomic E-state index is 12.8. The van der Waals surface area contributed by atoms with E-state index in [0.29, 0.717) is 15.7 Å². The number of fused-ring (bicyclic) bond motifs is 5. The van der Waals surface area contributed by atoms with Crippen LogP contribution in [0.25, 0.3) is 15.9 Å². The number of nitrogens with zero attached hydrogens (tertiary/aromatic N) is 4. The largest absolute Gasteiger partial charge is 0.293 e. The van der Waals surface area contributed by atoms with Crippen molar-refractivity contribution in [2.45, 2.75) is 41.7 Å². The number of benzene rings is 2. The van der Waals surface area contributed by atoms with Gasteiger partial charge in [-0.1, -0.05) is 65.5 Å². The first-order valence-electron chi connectivity index (χ1n) is 11.4. The molecule has 5 nitrogen and oxygen atoms in total. The lowest BCUT2D eigenvalue weighted by atomic mass is 9.97. The van der Waals surface area contributed by atoms with Gasteiger partial charge in [-0.05, 0) is 61.1 Å². The third-order valence-electron chi connectivity index (χ3n) is 6.11. The van der Waals surface area contributed by atoms with Gasteiger partial charge in [-0.3, -0.25) is 4.79 Å². The summed E-state index contributed by atoms with van der Waals surface area (Å²) in [4.78, 5) is 20.4. The van der Waals surface area contributed by atoms with E-state index in [1.807, 2.05) is 6.07 Å². The quantitative estimate of drug-likeness (QED) is 0.125. The van der Waals surface area contributed by atoms with Crippen LogP contribution in [0.5, 0.6) is 0 Å². The molecule has 35 heavy (non-hydrogen) atoms. The number of Topliss-reactive ketones (excluding diaryl/α,β-unsaturated/α-hetero) is 1. The van der Waals surface area contributed by atoms with Crippen LogP contribution in [-0.2, 0) is 18.6 Å². The van der Waals surface area contributed by atoms with Gasteiger partial charge in [0, 0.05) is 21.2 Å². The molecule has 0 unspecified atom stereocenters. The van der Waals surface area contributed by atoms with Crippen LogP contribution >= 0.6 is 46.5 Å². The Morgan fingerprint density at radius 1 is 0.971 bits per heavy atom. The van der Waals surface area contributed by atoms with Gasteiger partial charge in [0.1, 0.15) is 4.83 Å². The summed E-state index contributed by atoms with van der Waals surface area (Å²) < 4.78 is 2.05. The third-order valence-corrected chi connectivity index (χ3v) is 9.48. The second kappa shape index (κ2) is 9.93. The lowest BCUT2D eigenvalue weighted by molar-refractivity contribution is 0.102. The van der Waals surface area contributed by atoms with Crippen molar-refractivity contribution < 1.29 is 4.79 Å². The van der Waals surface area contributed by atoms with Crippen LogP contribution in [0.1, 0.15) is 39.2 Å². The van der Waals surface area contributed by atoms with Gasteiger partial charge < -0.3 is 0 Å². The van der Waals surface area contributed by atoms with Gasteiger partial charge in [0.05, 0.1) is 11.1 Å². The first kappa shape index (κ1) is 23.0. The number of aryl methyl sites for hydroxylation is 2. The predicted octanol–water partition coefficient (Wildman–Crippen LogP) is 7.14. The number of thiophene rings is 1. The van der Waals surface area contributed by atoms with Crippen LogP contribution < -0.4 is 0 Å². The van der Waals surface area contributed by atoms with Gasteiger partial charge in [0.2, 0.25) is 0 Å². The molecule has 5 aromatic rings. The fraction of sp³-hybridized carbons (Fsp3) is 0.231. The molecule has 1 aliphatic rings. The second-order valence-electron chi connectivity index (χ2n) is 8.42. The normalized spacial score (nSPS) is 13.4. The summed E-state index contributed by atoms with van der Waals surface area (Å²) in [6, 6.07) is 17.4. The fourth-order valence-electron chi connectivity index (χ4n) is 4.36. The topological polar surface area (TPSA) is 60.2 Å². The van der Waals surface area contributed by atoms with E-state index >= 15 is 0 Å². The molecule has 0 bridgehead atoms. The zero-order valence-corrected chi connectivity index (χ0v) is 21.9. The molecular formula is C26H21ClN4OS3.